The molecule has 4 nitrogen and oxygen atoms in total. The van der Waals surface area contributed by atoms with Gasteiger partial charge in [0, 0.05) is 17.0 Å². The Kier molecular flexibility index (Phi) is 4.00. The number of nitrogens with zero attached hydrogens (tertiary/aromatic N) is 1. The van der Waals surface area contributed by atoms with E-state index in [-0.39, 0.29) is 11.9 Å². The number of nitrogens with two attached hydrogens (primary N) is 1. The predicted molar refractivity (Wildman–Crippen MR) is 77.8 cm³/mol. The first kappa shape index (κ1) is 13.3. The number of ether oxygens (including phenoxy) is 1. The third-order valence-corrected chi connectivity index (χ3v) is 3.00. The Bertz CT molecular complexity index is 595. The number of fused-ring (bicyclic) bond motifs is 1. The van der Waals surface area contributed by atoms with E-state index in [2.05, 4.69) is 11.9 Å². The van der Waals surface area contributed by atoms with Gasteiger partial charge in [-0.15, -0.1) is 0 Å². The molecular formula is C15H19N3O. The van der Waals surface area contributed by atoms with Crippen molar-refractivity contribution in [3.63, 3.8) is 0 Å². The molecule has 0 aliphatic rings. The number of rotatable bonds is 5. The van der Waals surface area contributed by atoms with E-state index < -0.39 is 0 Å². The van der Waals surface area contributed by atoms with Gasteiger partial charge in [0.2, 0.25) is 5.88 Å². The lowest BCUT2D eigenvalue weighted by Crippen LogP contribution is -2.15. The average molecular weight is 257 g/mol. The Balaban J connectivity index is 2.43. The van der Waals surface area contributed by atoms with E-state index in [1.54, 1.807) is 6.07 Å². The van der Waals surface area contributed by atoms with Crippen LogP contribution in [-0.4, -0.2) is 16.9 Å². The van der Waals surface area contributed by atoms with Crippen LogP contribution in [0.1, 0.15) is 32.3 Å². The number of para-hydroxylation sites is 1. The number of nitrogen functional groups attached to an aromatic ring is 1. The van der Waals surface area contributed by atoms with Gasteiger partial charge in [-0.3, -0.25) is 5.41 Å². The van der Waals surface area contributed by atoms with Crippen molar-refractivity contribution in [1.82, 2.24) is 4.98 Å². The highest BCUT2D eigenvalue weighted by Gasteiger charge is 2.10. The molecule has 1 aromatic carbocycles. The number of amidine groups is 1. The van der Waals surface area contributed by atoms with E-state index in [4.69, 9.17) is 15.9 Å². The van der Waals surface area contributed by atoms with Crippen molar-refractivity contribution >= 4 is 16.7 Å². The van der Waals surface area contributed by atoms with E-state index in [9.17, 15) is 0 Å². The highest BCUT2D eigenvalue weighted by atomic mass is 16.5. The topological polar surface area (TPSA) is 72.0 Å². The minimum Gasteiger partial charge on any atom is -0.475 e. The molecule has 0 fully saturated rings. The lowest BCUT2D eigenvalue weighted by molar-refractivity contribution is 0.202. The number of hydrogen-bond donors (Lipinski definition) is 2. The molecule has 0 aliphatic carbocycles. The Morgan fingerprint density at radius 2 is 2.16 bits per heavy atom. The third-order valence-electron chi connectivity index (χ3n) is 3.00. The van der Waals surface area contributed by atoms with Crippen molar-refractivity contribution in [3.05, 3.63) is 35.9 Å². The van der Waals surface area contributed by atoms with Gasteiger partial charge in [0.15, 0.2) is 0 Å². The maximum atomic E-state index is 7.67. The van der Waals surface area contributed by atoms with Gasteiger partial charge in [-0.25, -0.2) is 4.98 Å². The maximum Gasteiger partial charge on any atom is 0.214 e. The van der Waals surface area contributed by atoms with Crippen LogP contribution in [0.3, 0.4) is 0 Å². The summed E-state index contributed by atoms with van der Waals surface area (Å²) in [4.78, 5) is 4.47. The molecule has 0 saturated carbocycles. The van der Waals surface area contributed by atoms with Crippen LogP contribution in [0.4, 0.5) is 0 Å². The van der Waals surface area contributed by atoms with Crippen LogP contribution in [0.25, 0.3) is 10.9 Å². The van der Waals surface area contributed by atoms with Gasteiger partial charge in [-0.05, 0) is 19.4 Å². The highest BCUT2D eigenvalue weighted by molar-refractivity contribution is 6.06. The molecule has 0 saturated heterocycles. The predicted octanol–water partition coefficient (Wildman–Crippen LogP) is 3.09. The molecule has 4 heteroatoms. The van der Waals surface area contributed by atoms with Gasteiger partial charge >= 0.3 is 0 Å². The number of aromatic nitrogens is 1. The van der Waals surface area contributed by atoms with Gasteiger partial charge in [0.05, 0.1) is 11.6 Å². The van der Waals surface area contributed by atoms with Gasteiger partial charge in [-0.1, -0.05) is 31.5 Å². The minimum absolute atomic E-state index is 0.0339. The SMILES string of the molecule is CCCC(C)Oc1cc(C(=N)N)c2ccccc2n1. The molecule has 0 bridgehead atoms. The molecule has 0 aliphatic heterocycles. The molecule has 100 valence electrons. The fraction of sp³-hybridized carbons (Fsp3) is 0.333. The van der Waals surface area contributed by atoms with Crippen molar-refractivity contribution in [2.75, 3.05) is 0 Å². The first-order chi connectivity index (χ1) is 9.11. The largest absolute Gasteiger partial charge is 0.475 e. The van der Waals surface area contributed by atoms with Crippen LogP contribution < -0.4 is 10.5 Å². The molecule has 1 atom stereocenters. The summed E-state index contributed by atoms with van der Waals surface area (Å²) in [6, 6.07) is 9.39. The summed E-state index contributed by atoms with van der Waals surface area (Å²) < 4.78 is 5.79. The molecule has 1 aromatic heterocycles. The smallest absolute Gasteiger partial charge is 0.214 e. The number of benzene rings is 1. The second-order valence-corrected chi connectivity index (χ2v) is 4.66. The third kappa shape index (κ3) is 3.02. The Morgan fingerprint density at radius 3 is 2.84 bits per heavy atom. The van der Waals surface area contributed by atoms with Gasteiger partial charge < -0.3 is 10.5 Å². The molecule has 3 N–H and O–H groups in total. The molecule has 0 amide bonds. The monoisotopic (exact) mass is 257 g/mol. The zero-order valence-electron chi connectivity index (χ0n) is 11.3. The molecule has 0 radical (unpaired) electrons. The fourth-order valence-corrected chi connectivity index (χ4v) is 2.11. The second-order valence-electron chi connectivity index (χ2n) is 4.66. The lowest BCUT2D eigenvalue weighted by atomic mass is 10.1. The number of hydrogen-bond acceptors (Lipinski definition) is 3. The quantitative estimate of drug-likeness (QED) is 0.638. The first-order valence-corrected chi connectivity index (χ1v) is 6.52. The van der Waals surface area contributed by atoms with Crippen molar-refractivity contribution in [1.29, 1.82) is 5.41 Å². The number of nitrogens with one attached hydrogen (secondary N) is 1. The molecule has 2 rings (SSSR count). The van der Waals surface area contributed by atoms with Crippen molar-refractivity contribution in [2.45, 2.75) is 32.8 Å². The summed E-state index contributed by atoms with van der Waals surface area (Å²) >= 11 is 0. The molecule has 2 aromatic rings. The summed E-state index contributed by atoms with van der Waals surface area (Å²) in [6.45, 7) is 4.14. The van der Waals surface area contributed by atoms with E-state index in [0.29, 0.717) is 11.4 Å². The van der Waals surface area contributed by atoms with E-state index >= 15 is 0 Å². The summed E-state index contributed by atoms with van der Waals surface area (Å²) in [7, 11) is 0. The second kappa shape index (κ2) is 5.69. The molecule has 1 unspecified atom stereocenters. The molecule has 0 spiro atoms. The van der Waals surface area contributed by atoms with Crippen molar-refractivity contribution in [3.8, 4) is 5.88 Å². The van der Waals surface area contributed by atoms with Gasteiger partial charge in [0.25, 0.3) is 0 Å². The molecule has 1 heterocycles. The zero-order chi connectivity index (χ0) is 13.8. The minimum atomic E-state index is 0.0339. The summed E-state index contributed by atoms with van der Waals surface area (Å²) in [5, 5.41) is 8.55. The van der Waals surface area contributed by atoms with E-state index in [1.807, 2.05) is 31.2 Å². The van der Waals surface area contributed by atoms with Crippen LogP contribution in [-0.2, 0) is 0 Å². The fourth-order valence-electron chi connectivity index (χ4n) is 2.11. The highest BCUT2D eigenvalue weighted by Crippen LogP contribution is 2.22. The van der Waals surface area contributed by atoms with Crippen LogP contribution in [0, 0.1) is 5.41 Å². The maximum absolute atomic E-state index is 7.67. The zero-order valence-corrected chi connectivity index (χ0v) is 11.3. The lowest BCUT2D eigenvalue weighted by Gasteiger charge is -2.14. The average Bonchev–Trinajstić information content (AvgIpc) is 2.37. The standard InChI is InChI=1S/C15H19N3O/c1-3-6-10(2)19-14-9-12(15(16)17)11-7-4-5-8-13(11)18-14/h4-5,7-10H,3,6H2,1-2H3,(H3,16,17). The van der Waals surface area contributed by atoms with Crippen molar-refractivity contribution in [2.24, 2.45) is 5.73 Å². The van der Waals surface area contributed by atoms with Crippen LogP contribution >= 0.6 is 0 Å². The first-order valence-electron chi connectivity index (χ1n) is 6.52. The Morgan fingerprint density at radius 1 is 1.42 bits per heavy atom. The molecular weight excluding hydrogens is 238 g/mol. The van der Waals surface area contributed by atoms with E-state index in [1.165, 1.54) is 0 Å². The Labute approximate surface area is 113 Å². The summed E-state index contributed by atoms with van der Waals surface area (Å²) in [5.74, 6) is 0.566. The van der Waals surface area contributed by atoms with Crippen molar-refractivity contribution < 1.29 is 4.74 Å². The van der Waals surface area contributed by atoms with E-state index in [0.717, 1.165) is 23.7 Å². The van der Waals surface area contributed by atoms with Crippen LogP contribution in [0.5, 0.6) is 5.88 Å². The van der Waals surface area contributed by atoms with Crippen LogP contribution in [0.15, 0.2) is 30.3 Å². The molecule has 19 heavy (non-hydrogen) atoms. The van der Waals surface area contributed by atoms with Gasteiger partial charge in [0.1, 0.15) is 5.84 Å². The number of pyridine rings is 1. The Hall–Kier alpha value is -2.10. The van der Waals surface area contributed by atoms with Gasteiger partial charge in [-0.2, -0.15) is 0 Å². The summed E-state index contributed by atoms with van der Waals surface area (Å²) in [5.41, 5.74) is 7.11. The van der Waals surface area contributed by atoms with Crippen LogP contribution in [0.2, 0.25) is 0 Å². The summed E-state index contributed by atoms with van der Waals surface area (Å²) in [6.07, 6.45) is 2.15. The normalized spacial score (nSPS) is 12.3.